The van der Waals surface area contributed by atoms with E-state index in [0.717, 1.165) is 48.7 Å². The van der Waals surface area contributed by atoms with Crippen LogP contribution in [0.4, 0.5) is 0 Å². The van der Waals surface area contributed by atoms with Gasteiger partial charge in [0.25, 0.3) is 0 Å². The van der Waals surface area contributed by atoms with Crippen LogP contribution in [0.5, 0.6) is 23.0 Å². The number of fused-ring (bicyclic) bond motifs is 1. The van der Waals surface area contributed by atoms with Crippen LogP contribution in [0.25, 0.3) is 0 Å². The first-order valence-corrected chi connectivity index (χ1v) is 10.1. The first-order valence-electron chi connectivity index (χ1n) is 10.1. The van der Waals surface area contributed by atoms with Crippen LogP contribution in [0.2, 0.25) is 0 Å². The molecule has 1 aliphatic rings. The molecule has 0 radical (unpaired) electrons. The quantitative estimate of drug-likeness (QED) is 0.662. The van der Waals surface area contributed by atoms with Gasteiger partial charge in [-0.2, -0.15) is 0 Å². The summed E-state index contributed by atoms with van der Waals surface area (Å²) in [4.78, 5) is 2.45. The van der Waals surface area contributed by atoms with Crippen molar-refractivity contribution in [3.8, 4) is 23.0 Å². The van der Waals surface area contributed by atoms with Gasteiger partial charge in [0.1, 0.15) is 0 Å². The van der Waals surface area contributed by atoms with Crippen molar-refractivity contribution in [1.29, 1.82) is 0 Å². The molecule has 158 valence electrons. The van der Waals surface area contributed by atoms with Gasteiger partial charge < -0.3 is 23.9 Å². The van der Waals surface area contributed by atoms with Crippen molar-refractivity contribution in [2.24, 2.45) is 0 Å². The van der Waals surface area contributed by atoms with Crippen LogP contribution in [-0.2, 0) is 13.1 Å². The molecule has 0 spiro atoms. The van der Waals surface area contributed by atoms with E-state index in [1.807, 2.05) is 30.3 Å². The number of aryl methyl sites for hydroxylation is 1. The van der Waals surface area contributed by atoms with Crippen LogP contribution < -0.4 is 14.2 Å². The molecular formula is C24H28N2O4. The maximum Gasteiger partial charge on any atom is 0.161 e. The summed E-state index contributed by atoms with van der Waals surface area (Å²) in [7, 11) is 4.87. The van der Waals surface area contributed by atoms with Gasteiger partial charge in [-0.15, -0.1) is 0 Å². The van der Waals surface area contributed by atoms with E-state index in [-0.39, 0.29) is 11.8 Å². The molecule has 6 heteroatoms. The Morgan fingerprint density at radius 3 is 2.40 bits per heavy atom. The van der Waals surface area contributed by atoms with Crippen molar-refractivity contribution < 1.29 is 19.3 Å². The van der Waals surface area contributed by atoms with E-state index < -0.39 is 0 Å². The summed E-state index contributed by atoms with van der Waals surface area (Å²) < 4.78 is 18.4. The van der Waals surface area contributed by atoms with Crippen LogP contribution in [0.3, 0.4) is 0 Å². The Balaban J connectivity index is 1.73. The minimum atomic E-state index is 0.0207. The fourth-order valence-corrected chi connectivity index (χ4v) is 4.28. The molecule has 4 rings (SSSR count). The second-order valence-corrected chi connectivity index (χ2v) is 7.47. The van der Waals surface area contributed by atoms with E-state index in [2.05, 4.69) is 33.9 Å². The number of nitrogens with zero attached hydrogens (tertiary/aromatic N) is 2. The number of benzene rings is 2. The highest BCUT2D eigenvalue weighted by Crippen LogP contribution is 2.37. The highest BCUT2D eigenvalue weighted by Gasteiger charge is 2.28. The fourth-order valence-electron chi connectivity index (χ4n) is 4.28. The summed E-state index contributed by atoms with van der Waals surface area (Å²) in [5.41, 5.74) is 3.41. The number of phenols is 1. The van der Waals surface area contributed by atoms with E-state index >= 15 is 0 Å². The SMILES string of the molecule is COc1ccc(C2c3cccn3CCCN2Cc2ccc(OC)c(OC)c2)cc1O. The van der Waals surface area contributed by atoms with Crippen molar-refractivity contribution in [3.05, 3.63) is 71.5 Å². The molecule has 1 unspecified atom stereocenters. The number of phenolic OH excluding ortho intramolecular Hbond substituents is 1. The first-order chi connectivity index (χ1) is 14.6. The third-order valence-electron chi connectivity index (χ3n) is 5.71. The number of aromatic nitrogens is 1. The molecule has 1 atom stereocenters. The van der Waals surface area contributed by atoms with E-state index in [4.69, 9.17) is 14.2 Å². The molecule has 1 aromatic heterocycles. The van der Waals surface area contributed by atoms with Crippen LogP contribution >= 0.6 is 0 Å². The van der Waals surface area contributed by atoms with Gasteiger partial charge in [-0.3, -0.25) is 4.90 Å². The molecular weight excluding hydrogens is 380 g/mol. The van der Waals surface area contributed by atoms with Gasteiger partial charge in [-0.05, 0) is 53.9 Å². The first kappa shape index (κ1) is 20.2. The Morgan fingerprint density at radius 1 is 0.900 bits per heavy atom. The van der Waals surface area contributed by atoms with Crippen molar-refractivity contribution in [3.63, 3.8) is 0 Å². The summed E-state index contributed by atoms with van der Waals surface area (Å²) in [6.45, 7) is 2.67. The minimum Gasteiger partial charge on any atom is -0.504 e. The molecule has 1 aliphatic heterocycles. The lowest BCUT2D eigenvalue weighted by atomic mass is 10.00. The van der Waals surface area contributed by atoms with Gasteiger partial charge >= 0.3 is 0 Å². The second-order valence-electron chi connectivity index (χ2n) is 7.47. The van der Waals surface area contributed by atoms with E-state index in [0.29, 0.717) is 5.75 Å². The summed E-state index contributed by atoms with van der Waals surface area (Å²) in [6.07, 6.45) is 3.18. The molecule has 0 saturated carbocycles. The van der Waals surface area contributed by atoms with Crippen LogP contribution in [0.1, 0.15) is 29.3 Å². The molecule has 2 aromatic carbocycles. The van der Waals surface area contributed by atoms with E-state index in [9.17, 15) is 5.11 Å². The number of methoxy groups -OCH3 is 3. The Hall–Kier alpha value is -3.12. The van der Waals surface area contributed by atoms with Gasteiger partial charge in [0.05, 0.1) is 27.4 Å². The Bertz CT molecular complexity index is 1010. The summed E-state index contributed by atoms with van der Waals surface area (Å²) >= 11 is 0. The maximum absolute atomic E-state index is 10.4. The second kappa shape index (κ2) is 8.71. The van der Waals surface area contributed by atoms with Crippen molar-refractivity contribution >= 4 is 0 Å². The largest absolute Gasteiger partial charge is 0.504 e. The predicted molar refractivity (Wildman–Crippen MR) is 116 cm³/mol. The zero-order valence-corrected chi connectivity index (χ0v) is 17.7. The summed E-state index contributed by atoms with van der Waals surface area (Å²) in [5.74, 6) is 2.09. The van der Waals surface area contributed by atoms with Crippen LogP contribution in [0, 0.1) is 0 Å². The smallest absolute Gasteiger partial charge is 0.161 e. The third-order valence-corrected chi connectivity index (χ3v) is 5.71. The van der Waals surface area contributed by atoms with Gasteiger partial charge in [0.15, 0.2) is 23.0 Å². The van der Waals surface area contributed by atoms with Crippen molar-refractivity contribution in [1.82, 2.24) is 9.47 Å². The zero-order chi connectivity index (χ0) is 21.1. The molecule has 3 aromatic rings. The van der Waals surface area contributed by atoms with Gasteiger partial charge in [-0.25, -0.2) is 0 Å². The predicted octanol–water partition coefficient (Wildman–Crippen LogP) is 4.21. The Morgan fingerprint density at radius 2 is 1.67 bits per heavy atom. The molecule has 30 heavy (non-hydrogen) atoms. The molecule has 0 saturated heterocycles. The van der Waals surface area contributed by atoms with Gasteiger partial charge in [0, 0.05) is 31.5 Å². The maximum atomic E-state index is 10.4. The van der Waals surface area contributed by atoms with Crippen molar-refractivity contribution in [2.75, 3.05) is 27.9 Å². The third kappa shape index (κ3) is 3.83. The number of ether oxygens (including phenoxy) is 3. The Labute approximate surface area is 177 Å². The lowest BCUT2D eigenvalue weighted by Gasteiger charge is -2.31. The van der Waals surface area contributed by atoms with Gasteiger partial charge in [0.2, 0.25) is 0 Å². The Kier molecular flexibility index (Phi) is 5.86. The normalized spacial score (nSPS) is 16.6. The lowest BCUT2D eigenvalue weighted by Crippen LogP contribution is -2.29. The molecule has 0 fully saturated rings. The zero-order valence-electron chi connectivity index (χ0n) is 17.7. The molecule has 0 bridgehead atoms. The van der Waals surface area contributed by atoms with E-state index in [1.54, 1.807) is 21.3 Å². The molecule has 0 amide bonds. The number of rotatable bonds is 6. The van der Waals surface area contributed by atoms with Crippen LogP contribution in [0.15, 0.2) is 54.7 Å². The molecule has 1 N–H and O–H groups in total. The number of hydrogen-bond donors (Lipinski definition) is 1. The topological polar surface area (TPSA) is 56.1 Å². The lowest BCUT2D eigenvalue weighted by molar-refractivity contribution is 0.219. The number of aromatic hydroxyl groups is 1. The highest BCUT2D eigenvalue weighted by atomic mass is 16.5. The standard InChI is InChI=1S/C24H28N2O4/c1-28-21-10-8-18(15-20(21)27)24-19-6-4-11-25(19)12-5-13-26(24)16-17-7-9-22(29-2)23(14-17)30-3/h4,6-11,14-15,24,27H,5,12-13,16H2,1-3H3. The van der Waals surface area contributed by atoms with E-state index in [1.165, 1.54) is 5.69 Å². The van der Waals surface area contributed by atoms with Crippen LogP contribution in [-0.4, -0.2) is 42.4 Å². The summed E-state index contributed by atoms with van der Waals surface area (Å²) in [5, 5.41) is 10.4. The van der Waals surface area contributed by atoms with Crippen molar-refractivity contribution in [2.45, 2.75) is 25.6 Å². The average molecular weight is 408 g/mol. The van der Waals surface area contributed by atoms with Gasteiger partial charge in [-0.1, -0.05) is 12.1 Å². The summed E-state index contributed by atoms with van der Waals surface area (Å²) in [6, 6.07) is 16.0. The average Bonchev–Trinajstić information content (AvgIpc) is 3.15. The monoisotopic (exact) mass is 408 g/mol. The molecule has 2 heterocycles. The molecule has 6 nitrogen and oxygen atoms in total. The number of hydrogen-bond acceptors (Lipinski definition) is 5. The minimum absolute atomic E-state index is 0.0207. The molecule has 0 aliphatic carbocycles. The fraction of sp³-hybridized carbons (Fsp3) is 0.333. The highest BCUT2D eigenvalue weighted by molar-refractivity contribution is 5.45.